The van der Waals surface area contributed by atoms with E-state index in [1.807, 2.05) is 63.2 Å². The number of alkyl carbamates (subject to hydrolysis) is 1. The van der Waals surface area contributed by atoms with Crippen molar-refractivity contribution >= 4 is 36.2 Å². The number of para-hydroxylation sites is 1. The Morgan fingerprint density at radius 3 is 2.11 bits per heavy atom. The van der Waals surface area contributed by atoms with Gasteiger partial charge < -0.3 is 20.3 Å². The van der Waals surface area contributed by atoms with Gasteiger partial charge in [-0.1, -0.05) is 55.0 Å². The third-order valence-corrected chi connectivity index (χ3v) is 6.86. The van der Waals surface area contributed by atoms with Crippen molar-refractivity contribution in [2.24, 2.45) is 5.92 Å². The quantitative estimate of drug-likeness (QED) is 0.406. The van der Waals surface area contributed by atoms with Crippen LogP contribution in [0.15, 0.2) is 42.5 Å². The summed E-state index contributed by atoms with van der Waals surface area (Å²) in [7, 11) is 0. The number of hydrogen-bond donors (Lipinski definition) is 3. The van der Waals surface area contributed by atoms with E-state index >= 15 is 0 Å². The lowest BCUT2D eigenvalue weighted by Gasteiger charge is -2.35. The van der Waals surface area contributed by atoms with Gasteiger partial charge in [0.15, 0.2) is 0 Å². The molecule has 0 aromatic heterocycles. The highest BCUT2D eigenvalue weighted by molar-refractivity contribution is 7.80. The van der Waals surface area contributed by atoms with Crippen LogP contribution in [0.1, 0.15) is 62.4 Å². The average Bonchev–Trinajstić information content (AvgIpc) is 3.53. The minimum atomic E-state index is -0.952. The zero-order valence-corrected chi connectivity index (χ0v) is 23.7. The average molecular weight is 526 g/mol. The van der Waals surface area contributed by atoms with Crippen molar-refractivity contribution in [2.45, 2.75) is 78.6 Å². The molecule has 0 aliphatic heterocycles. The summed E-state index contributed by atoms with van der Waals surface area (Å²) in [5.74, 6) is -0.372. The fraction of sp³-hybridized carbons (Fsp3) is 0.483. The topological polar surface area (TPSA) is 87.7 Å². The number of anilines is 1. The number of hydrogen-bond acceptors (Lipinski definition) is 5. The molecular formula is C29H39N3O4S. The summed E-state index contributed by atoms with van der Waals surface area (Å²) in [4.78, 5) is 42.1. The highest BCUT2D eigenvalue weighted by Gasteiger charge is 2.48. The second-order valence-electron chi connectivity index (χ2n) is 11.0. The predicted octanol–water partition coefficient (Wildman–Crippen LogP) is 5.35. The number of aryl methyl sites for hydroxylation is 3. The van der Waals surface area contributed by atoms with Crippen LogP contribution in [-0.2, 0) is 14.3 Å². The van der Waals surface area contributed by atoms with E-state index < -0.39 is 23.8 Å². The number of rotatable bonds is 8. The number of nitrogens with zero attached hydrogens (tertiary/aromatic N) is 1. The van der Waals surface area contributed by atoms with E-state index in [0.717, 1.165) is 28.8 Å². The number of amides is 3. The molecule has 37 heavy (non-hydrogen) atoms. The van der Waals surface area contributed by atoms with E-state index in [1.165, 1.54) is 0 Å². The summed E-state index contributed by atoms with van der Waals surface area (Å²) < 4.78 is 5.37. The van der Waals surface area contributed by atoms with Gasteiger partial charge in [-0.15, -0.1) is 0 Å². The van der Waals surface area contributed by atoms with E-state index in [-0.39, 0.29) is 29.5 Å². The fourth-order valence-corrected chi connectivity index (χ4v) is 4.63. The molecule has 0 saturated heterocycles. The lowest BCUT2D eigenvalue weighted by atomic mass is 10.0. The van der Waals surface area contributed by atoms with Crippen LogP contribution in [-0.4, -0.2) is 46.2 Å². The molecule has 2 aromatic rings. The van der Waals surface area contributed by atoms with Gasteiger partial charge in [0, 0.05) is 17.5 Å². The van der Waals surface area contributed by atoms with Gasteiger partial charge in [0.05, 0.1) is 0 Å². The maximum Gasteiger partial charge on any atom is 0.408 e. The lowest BCUT2D eigenvalue weighted by Crippen LogP contribution is -2.54. The Balaban J connectivity index is 2.00. The Bertz CT molecular complexity index is 1120. The first-order valence-corrected chi connectivity index (χ1v) is 13.3. The Hall–Kier alpha value is -3.00. The third kappa shape index (κ3) is 7.28. The normalized spacial score (nSPS) is 18.4. The van der Waals surface area contributed by atoms with Gasteiger partial charge in [-0.3, -0.25) is 9.59 Å². The molecular weight excluding hydrogens is 486 g/mol. The smallest absolute Gasteiger partial charge is 0.408 e. The molecule has 0 heterocycles. The molecule has 1 fully saturated rings. The molecule has 4 atom stereocenters. The molecule has 200 valence electrons. The number of carbonyl (C=O) groups is 3. The number of ether oxygens (including phenoxy) is 1. The number of nitrogens with one attached hydrogen (secondary N) is 2. The van der Waals surface area contributed by atoms with Crippen molar-refractivity contribution in [1.82, 2.24) is 10.2 Å². The molecule has 1 saturated carbocycles. The van der Waals surface area contributed by atoms with Gasteiger partial charge >= 0.3 is 6.09 Å². The number of benzene rings is 2. The molecule has 0 radical (unpaired) electrons. The summed E-state index contributed by atoms with van der Waals surface area (Å²) in [6, 6.07) is 11.5. The molecule has 1 aliphatic carbocycles. The van der Waals surface area contributed by atoms with E-state index in [4.69, 9.17) is 4.74 Å². The monoisotopic (exact) mass is 525 g/mol. The largest absolute Gasteiger partial charge is 0.444 e. The minimum Gasteiger partial charge on any atom is -0.444 e. The van der Waals surface area contributed by atoms with Crippen LogP contribution in [0.3, 0.4) is 0 Å². The van der Waals surface area contributed by atoms with Crippen LogP contribution in [0.2, 0.25) is 0 Å². The Labute approximate surface area is 225 Å². The molecule has 0 spiro atoms. The van der Waals surface area contributed by atoms with Gasteiger partial charge in [-0.25, -0.2) is 4.79 Å². The highest BCUT2D eigenvalue weighted by Crippen LogP contribution is 2.41. The Morgan fingerprint density at radius 2 is 1.62 bits per heavy atom. The van der Waals surface area contributed by atoms with E-state index in [0.29, 0.717) is 5.56 Å². The van der Waals surface area contributed by atoms with Gasteiger partial charge in [-0.2, -0.15) is 12.6 Å². The van der Waals surface area contributed by atoms with Crippen LogP contribution >= 0.6 is 12.6 Å². The molecule has 0 bridgehead atoms. The van der Waals surface area contributed by atoms with Crippen LogP contribution in [0.25, 0.3) is 0 Å². The standard InChI is InChI=1S/C29H39N3O4S/c1-17-11-13-21(14-12-17)25(26(33)31-24-18(2)9-8-10-19(24)3)32(23-15-20(23)4)27(34)22(16-37)30-28(35)36-29(5,6)7/h8-14,20,22-23,25,37H,15-16H2,1-7H3,(H,30,35)(H,31,33). The maximum atomic E-state index is 14.0. The molecule has 7 nitrogen and oxygen atoms in total. The van der Waals surface area contributed by atoms with Crippen LogP contribution in [0.5, 0.6) is 0 Å². The van der Waals surface area contributed by atoms with Crippen molar-refractivity contribution in [3.05, 3.63) is 64.7 Å². The lowest BCUT2D eigenvalue weighted by molar-refractivity contribution is -0.141. The first-order valence-electron chi connectivity index (χ1n) is 12.7. The van der Waals surface area contributed by atoms with Crippen LogP contribution in [0.4, 0.5) is 10.5 Å². The van der Waals surface area contributed by atoms with E-state index in [1.54, 1.807) is 25.7 Å². The van der Waals surface area contributed by atoms with Crippen molar-refractivity contribution in [3.63, 3.8) is 0 Å². The number of thiol groups is 1. The van der Waals surface area contributed by atoms with Crippen molar-refractivity contribution < 1.29 is 19.1 Å². The van der Waals surface area contributed by atoms with Crippen LogP contribution < -0.4 is 10.6 Å². The van der Waals surface area contributed by atoms with Gasteiger partial charge in [0.1, 0.15) is 17.7 Å². The predicted molar refractivity (Wildman–Crippen MR) is 150 cm³/mol. The molecule has 1 aliphatic rings. The van der Waals surface area contributed by atoms with Gasteiger partial charge in [0.25, 0.3) is 5.91 Å². The summed E-state index contributed by atoms with van der Waals surface area (Å²) in [6.45, 7) is 13.2. The van der Waals surface area contributed by atoms with Crippen molar-refractivity contribution in [1.29, 1.82) is 0 Å². The van der Waals surface area contributed by atoms with Crippen LogP contribution in [0, 0.1) is 26.7 Å². The van der Waals surface area contributed by atoms with E-state index in [9.17, 15) is 14.4 Å². The number of carbonyl (C=O) groups excluding carboxylic acids is 3. The van der Waals surface area contributed by atoms with Crippen molar-refractivity contribution in [3.8, 4) is 0 Å². The first kappa shape index (κ1) is 28.6. The van der Waals surface area contributed by atoms with Gasteiger partial charge in [0.2, 0.25) is 5.91 Å². The Morgan fingerprint density at radius 1 is 1.05 bits per heavy atom. The summed E-state index contributed by atoms with van der Waals surface area (Å²) in [6.07, 6.45) is 0.0758. The molecule has 3 rings (SSSR count). The highest BCUT2D eigenvalue weighted by atomic mass is 32.1. The summed E-state index contributed by atoms with van der Waals surface area (Å²) >= 11 is 4.36. The zero-order chi connectivity index (χ0) is 27.5. The van der Waals surface area contributed by atoms with Crippen molar-refractivity contribution in [2.75, 3.05) is 11.1 Å². The Kier molecular flexibility index (Phi) is 8.95. The summed E-state index contributed by atoms with van der Waals surface area (Å²) in [5.41, 5.74) is 3.65. The maximum absolute atomic E-state index is 14.0. The SMILES string of the molecule is Cc1ccc(C(C(=O)Nc2c(C)cccc2C)N(C(=O)C(CS)NC(=O)OC(C)(C)C)C2CC2C)cc1. The minimum absolute atomic E-state index is 0.0643. The van der Waals surface area contributed by atoms with Gasteiger partial charge in [-0.05, 0) is 70.6 Å². The fourth-order valence-electron chi connectivity index (χ4n) is 4.38. The molecule has 3 amide bonds. The molecule has 2 N–H and O–H groups in total. The second-order valence-corrected chi connectivity index (χ2v) is 11.3. The second kappa shape index (κ2) is 11.6. The third-order valence-electron chi connectivity index (χ3n) is 6.50. The van der Waals surface area contributed by atoms with E-state index in [2.05, 4.69) is 30.2 Å². The first-order chi connectivity index (χ1) is 17.3. The molecule has 8 heteroatoms. The molecule has 4 unspecified atom stereocenters. The molecule has 2 aromatic carbocycles. The summed E-state index contributed by atoms with van der Waals surface area (Å²) in [5, 5.41) is 5.75. The zero-order valence-electron chi connectivity index (χ0n) is 22.8.